The van der Waals surface area contributed by atoms with Crippen LogP contribution in [0.25, 0.3) is 11.3 Å². The first kappa shape index (κ1) is 13.6. The van der Waals surface area contributed by atoms with Crippen molar-refractivity contribution in [3.63, 3.8) is 0 Å². The zero-order chi connectivity index (χ0) is 15.6. The summed E-state index contributed by atoms with van der Waals surface area (Å²) in [6.07, 6.45) is 5.80. The predicted octanol–water partition coefficient (Wildman–Crippen LogP) is 2.07. The third kappa shape index (κ3) is 2.48. The van der Waals surface area contributed by atoms with Gasteiger partial charge in [0.1, 0.15) is 5.69 Å². The fraction of sp³-hybridized carbons (Fsp3) is 0.176. The Kier molecular flexibility index (Phi) is 3.34. The molecular weight excluding hydrogens is 290 g/mol. The molecule has 1 amide bonds. The van der Waals surface area contributed by atoms with Gasteiger partial charge in [0.25, 0.3) is 5.91 Å². The first-order valence-electron chi connectivity index (χ1n) is 7.50. The van der Waals surface area contributed by atoms with E-state index < -0.39 is 0 Å². The number of pyridine rings is 2. The maximum atomic E-state index is 12.9. The number of amides is 1. The standard InChI is InChI=1S/C17H15N5O/c23-17(22-9-6-14-15(10-22)21-11-20-14)16-12(4-3-8-19-16)13-5-1-2-7-18-13/h1-5,7-8,11H,6,9-10H2,(H,20,21). The SMILES string of the molecule is O=C(c1ncccc1-c1ccccn1)N1CCc2nc[nH]c2C1. The van der Waals surface area contributed by atoms with E-state index in [4.69, 9.17) is 0 Å². The van der Waals surface area contributed by atoms with Gasteiger partial charge in [-0.1, -0.05) is 6.07 Å². The summed E-state index contributed by atoms with van der Waals surface area (Å²) in [4.78, 5) is 30.8. The maximum absolute atomic E-state index is 12.9. The maximum Gasteiger partial charge on any atom is 0.273 e. The van der Waals surface area contributed by atoms with E-state index in [1.165, 1.54) is 0 Å². The summed E-state index contributed by atoms with van der Waals surface area (Å²) in [5, 5.41) is 0. The van der Waals surface area contributed by atoms with E-state index in [0.29, 0.717) is 18.8 Å². The number of carbonyl (C=O) groups excluding carboxylic acids is 1. The van der Waals surface area contributed by atoms with Gasteiger partial charge in [-0.3, -0.25) is 14.8 Å². The van der Waals surface area contributed by atoms with Crippen LogP contribution in [-0.2, 0) is 13.0 Å². The summed E-state index contributed by atoms with van der Waals surface area (Å²) < 4.78 is 0. The Morgan fingerprint density at radius 1 is 1.09 bits per heavy atom. The summed E-state index contributed by atoms with van der Waals surface area (Å²) in [7, 11) is 0. The molecule has 0 bridgehead atoms. The summed E-state index contributed by atoms with van der Waals surface area (Å²) >= 11 is 0. The van der Waals surface area contributed by atoms with Crippen molar-refractivity contribution in [2.24, 2.45) is 0 Å². The van der Waals surface area contributed by atoms with Gasteiger partial charge in [0.05, 0.1) is 30.0 Å². The van der Waals surface area contributed by atoms with Crippen LogP contribution in [0.2, 0.25) is 0 Å². The number of carbonyl (C=O) groups is 1. The van der Waals surface area contributed by atoms with E-state index in [1.54, 1.807) is 23.6 Å². The van der Waals surface area contributed by atoms with Crippen molar-refractivity contribution in [3.8, 4) is 11.3 Å². The third-order valence-corrected chi connectivity index (χ3v) is 4.01. The van der Waals surface area contributed by atoms with E-state index in [1.807, 2.05) is 30.3 Å². The van der Waals surface area contributed by atoms with E-state index in [2.05, 4.69) is 19.9 Å². The second-order valence-electron chi connectivity index (χ2n) is 5.42. The third-order valence-electron chi connectivity index (χ3n) is 4.01. The molecule has 0 saturated heterocycles. The zero-order valence-electron chi connectivity index (χ0n) is 12.4. The van der Waals surface area contributed by atoms with Crippen LogP contribution in [-0.4, -0.2) is 37.3 Å². The van der Waals surface area contributed by atoms with Gasteiger partial charge in [-0.15, -0.1) is 0 Å². The molecule has 0 aliphatic carbocycles. The summed E-state index contributed by atoms with van der Waals surface area (Å²) in [6.45, 7) is 1.18. The minimum Gasteiger partial charge on any atom is -0.347 e. The molecule has 3 aromatic rings. The fourth-order valence-corrected chi connectivity index (χ4v) is 2.84. The molecule has 0 spiro atoms. The molecule has 0 radical (unpaired) electrons. The number of nitrogens with one attached hydrogen (secondary N) is 1. The molecule has 6 nitrogen and oxygen atoms in total. The van der Waals surface area contributed by atoms with Crippen molar-refractivity contribution in [1.82, 2.24) is 24.8 Å². The number of nitrogens with zero attached hydrogens (tertiary/aromatic N) is 4. The molecule has 1 N–H and O–H groups in total. The lowest BCUT2D eigenvalue weighted by Crippen LogP contribution is -2.36. The number of fused-ring (bicyclic) bond motifs is 1. The molecule has 6 heteroatoms. The molecule has 4 rings (SSSR count). The highest BCUT2D eigenvalue weighted by Gasteiger charge is 2.26. The molecule has 0 unspecified atom stereocenters. The largest absolute Gasteiger partial charge is 0.347 e. The van der Waals surface area contributed by atoms with Gasteiger partial charge in [0, 0.05) is 30.9 Å². The van der Waals surface area contributed by atoms with E-state index >= 15 is 0 Å². The van der Waals surface area contributed by atoms with Crippen molar-refractivity contribution >= 4 is 5.91 Å². The fourth-order valence-electron chi connectivity index (χ4n) is 2.84. The number of aromatic amines is 1. The van der Waals surface area contributed by atoms with Crippen LogP contribution in [0, 0.1) is 0 Å². The van der Waals surface area contributed by atoms with Crippen molar-refractivity contribution in [2.45, 2.75) is 13.0 Å². The summed E-state index contributed by atoms with van der Waals surface area (Å²) in [6, 6.07) is 9.35. The average molecular weight is 305 g/mol. The Morgan fingerprint density at radius 2 is 2.00 bits per heavy atom. The molecule has 0 atom stereocenters. The van der Waals surface area contributed by atoms with Crippen LogP contribution in [0.15, 0.2) is 49.1 Å². The normalized spacial score (nSPS) is 13.7. The lowest BCUT2D eigenvalue weighted by molar-refractivity contribution is 0.0727. The zero-order valence-corrected chi connectivity index (χ0v) is 12.4. The van der Waals surface area contributed by atoms with Crippen LogP contribution in [0.3, 0.4) is 0 Å². The molecule has 114 valence electrons. The molecule has 0 fully saturated rings. The van der Waals surface area contributed by atoms with Crippen LogP contribution in [0.5, 0.6) is 0 Å². The molecular formula is C17H15N5O. The molecule has 0 saturated carbocycles. The molecule has 23 heavy (non-hydrogen) atoms. The van der Waals surface area contributed by atoms with E-state index in [0.717, 1.165) is 29.1 Å². The minimum absolute atomic E-state index is 0.0773. The van der Waals surface area contributed by atoms with E-state index in [-0.39, 0.29) is 5.91 Å². The van der Waals surface area contributed by atoms with Gasteiger partial charge in [-0.25, -0.2) is 4.98 Å². The first-order valence-corrected chi connectivity index (χ1v) is 7.50. The van der Waals surface area contributed by atoms with Gasteiger partial charge in [-0.05, 0) is 24.3 Å². The molecule has 4 heterocycles. The van der Waals surface area contributed by atoms with Gasteiger partial charge in [0.2, 0.25) is 0 Å². The predicted molar refractivity (Wildman–Crippen MR) is 84.5 cm³/mol. The highest BCUT2D eigenvalue weighted by molar-refractivity contribution is 5.98. The average Bonchev–Trinajstić information content (AvgIpc) is 3.09. The second-order valence-corrected chi connectivity index (χ2v) is 5.42. The molecule has 0 aromatic carbocycles. The lowest BCUT2D eigenvalue weighted by Gasteiger charge is -2.26. The van der Waals surface area contributed by atoms with Crippen molar-refractivity contribution in [3.05, 3.63) is 66.1 Å². The minimum atomic E-state index is -0.0773. The molecule has 1 aliphatic heterocycles. The van der Waals surface area contributed by atoms with Crippen LogP contribution in [0.4, 0.5) is 0 Å². The first-order chi connectivity index (χ1) is 11.3. The van der Waals surface area contributed by atoms with Crippen molar-refractivity contribution in [2.75, 3.05) is 6.54 Å². The van der Waals surface area contributed by atoms with E-state index in [9.17, 15) is 4.79 Å². The highest BCUT2D eigenvalue weighted by atomic mass is 16.2. The number of imidazole rings is 1. The van der Waals surface area contributed by atoms with Gasteiger partial charge in [0.15, 0.2) is 0 Å². The Balaban J connectivity index is 1.68. The van der Waals surface area contributed by atoms with Crippen molar-refractivity contribution in [1.29, 1.82) is 0 Å². The topological polar surface area (TPSA) is 74.8 Å². The summed E-state index contributed by atoms with van der Waals surface area (Å²) in [5.41, 5.74) is 3.99. The van der Waals surface area contributed by atoms with Crippen LogP contribution >= 0.6 is 0 Å². The van der Waals surface area contributed by atoms with Crippen LogP contribution < -0.4 is 0 Å². The number of rotatable bonds is 2. The Labute approximate surface area is 133 Å². The quantitative estimate of drug-likeness (QED) is 0.786. The van der Waals surface area contributed by atoms with Gasteiger partial charge >= 0.3 is 0 Å². The Hall–Kier alpha value is -3.02. The highest BCUT2D eigenvalue weighted by Crippen LogP contribution is 2.23. The number of hydrogen-bond donors (Lipinski definition) is 1. The van der Waals surface area contributed by atoms with Crippen molar-refractivity contribution < 1.29 is 4.79 Å². The Bertz CT molecular complexity index is 843. The number of hydrogen-bond acceptors (Lipinski definition) is 4. The number of H-pyrrole nitrogens is 1. The Morgan fingerprint density at radius 3 is 2.87 bits per heavy atom. The number of aromatic nitrogens is 4. The summed E-state index contributed by atoms with van der Waals surface area (Å²) in [5.74, 6) is -0.0773. The molecule has 1 aliphatic rings. The smallest absolute Gasteiger partial charge is 0.273 e. The molecule has 3 aromatic heterocycles. The monoisotopic (exact) mass is 305 g/mol. The lowest BCUT2D eigenvalue weighted by atomic mass is 10.1. The van der Waals surface area contributed by atoms with Gasteiger partial charge in [-0.2, -0.15) is 0 Å². The second kappa shape index (κ2) is 5.64. The van der Waals surface area contributed by atoms with Crippen LogP contribution in [0.1, 0.15) is 21.9 Å². The van der Waals surface area contributed by atoms with Gasteiger partial charge < -0.3 is 9.88 Å².